The number of hydrogen-bond donors (Lipinski definition) is 0. The lowest BCUT2D eigenvalue weighted by Gasteiger charge is -2.35. The summed E-state index contributed by atoms with van der Waals surface area (Å²) in [7, 11) is -3.90. The van der Waals surface area contributed by atoms with Crippen molar-refractivity contribution in [2.24, 2.45) is 17.3 Å². The smallest absolute Gasteiger partial charge is 0.338 e. The molecule has 0 unspecified atom stereocenters. The van der Waals surface area contributed by atoms with E-state index in [2.05, 4.69) is 27.7 Å². The van der Waals surface area contributed by atoms with Crippen molar-refractivity contribution in [3.63, 3.8) is 0 Å². The number of carbonyl (C=O) groups excluding carboxylic acids is 1. The van der Waals surface area contributed by atoms with E-state index in [1.165, 1.54) is 12.1 Å². The Bertz CT molecular complexity index is 880. The number of hydrogen-bond acceptors (Lipinski definition) is 5. The Morgan fingerprint density at radius 3 is 1.83 bits per heavy atom. The number of esters is 1. The average molecular weight is 433 g/mol. The first kappa shape index (κ1) is 24.1. The lowest BCUT2D eigenvalue weighted by Crippen LogP contribution is -2.37. The quantitative estimate of drug-likeness (QED) is 0.355. The van der Waals surface area contributed by atoms with E-state index < -0.39 is 21.5 Å². The van der Waals surface area contributed by atoms with Gasteiger partial charge in [-0.2, -0.15) is 8.42 Å². The van der Waals surface area contributed by atoms with Crippen molar-refractivity contribution < 1.29 is 22.1 Å². The Kier molecular flexibility index (Phi) is 8.62. The van der Waals surface area contributed by atoms with Gasteiger partial charge in [0.1, 0.15) is 0 Å². The van der Waals surface area contributed by atoms with Gasteiger partial charge < -0.3 is 4.74 Å². The van der Waals surface area contributed by atoms with Crippen molar-refractivity contribution in [1.29, 1.82) is 0 Å². The largest absolute Gasteiger partial charge is 0.461 e. The molecule has 0 atom stereocenters. The van der Waals surface area contributed by atoms with E-state index in [1.807, 2.05) is 6.07 Å². The van der Waals surface area contributed by atoms with Crippen molar-refractivity contribution in [1.82, 2.24) is 0 Å². The lowest BCUT2D eigenvalue weighted by atomic mass is 9.75. The van der Waals surface area contributed by atoms with E-state index in [9.17, 15) is 13.2 Å². The Labute approximate surface area is 180 Å². The average Bonchev–Trinajstić information content (AvgIpc) is 2.71. The Hall–Kier alpha value is -2.18. The number of rotatable bonds is 11. The lowest BCUT2D eigenvalue weighted by molar-refractivity contribution is -0.00176. The maximum Gasteiger partial charge on any atom is 0.338 e. The van der Waals surface area contributed by atoms with Crippen LogP contribution in [-0.2, 0) is 19.0 Å². The zero-order valence-electron chi connectivity index (χ0n) is 18.2. The van der Waals surface area contributed by atoms with Crippen molar-refractivity contribution in [3.05, 3.63) is 66.2 Å². The molecule has 0 fully saturated rings. The van der Waals surface area contributed by atoms with Gasteiger partial charge in [0.15, 0.2) is 0 Å². The maximum atomic E-state index is 12.7. The molecule has 0 aliphatic rings. The monoisotopic (exact) mass is 432 g/mol. The fourth-order valence-electron chi connectivity index (χ4n) is 3.83. The molecule has 0 aliphatic carbocycles. The van der Waals surface area contributed by atoms with Crippen molar-refractivity contribution in [2.75, 3.05) is 13.2 Å². The predicted octanol–water partition coefficient (Wildman–Crippen LogP) is 5.33. The Balaban J connectivity index is 2.22. The van der Waals surface area contributed by atoms with Crippen LogP contribution in [-0.4, -0.2) is 27.6 Å². The molecule has 0 aliphatic heterocycles. The fraction of sp³-hybridized carbons (Fsp3) is 0.458. The predicted molar refractivity (Wildman–Crippen MR) is 118 cm³/mol. The van der Waals surface area contributed by atoms with Crippen LogP contribution in [0.5, 0.6) is 0 Å². The molecule has 0 spiro atoms. The Morgan fingerprint density at radius 1 is 0.833 bits per heavy atom. The summed E-state index contributed by atoms with van der Waals surface area (Å²) in [5.74, 6) is 0.141. The van der Waals surface area contributed by atoms with Gasteiger partial charge in [-0.15, -0.1) is 0 Å². The maximum absolute atomic E-state index is 12.7. The van der Waals surface area contributed by atoms with E-state index in [4.69, 9.17) is 8.92 Å². The standard InChI is InChI=1S/C24H32O5S/c1-19(2)15-24(16-20(3)4,17-28-23(25)21-11-7-5-8-12-21)18-29-30(26,27)22-13-9-6-10-14-22/h5-14,19-20H,15-18H2,1-4H3. The van der Waals surface area contributed by atoms with Crippen LogP contribution in [0.3, 0.4) is 0 Å². The third-order valence-electron chi connectivity index (χ3n) is 4.75. The first-order valence-corrected chi connectivity index (χ1v) is 11.7. The highest BCUT2D eigenvalue weighted by atomic mass is 32.2. The summed E-state index contributed by atoms with van der Waals surface area (Å²) in [6, 6.07) is 16.9. The number of benzene rings is 2. The van der Waals surface area contributed by atoms with Crippen LogP contribution in [0.4, 0.5) is 0 Å². The molecule has 0 bridgehead atoms. The van der Waals surface area contributed by atoms with E-state index in [0.29, 0.717) is 18.4 Å². The van der Waals surface area contributed by atoms with Gasteiger partial charge in [-0.25, -0.2) is 4.79 Å². The van der Waals surface area contributed by atoms with Gasteiger partial charge in [0, 0.05) is 5.41 Å². The van der Waals surface area contributed by atoms with Gasteiger partial charge in [-0.3, -0.25) is 4.18 Å². The van der Waals surface area contributed by atoms with Crippen LogP contribution in [0, 0.1) is 17.3 Å². The fourth-order valence-corrected chi connectivity index (χ4v) is 4.86. The van der Waals surface area contributed by atoms with Gasteiger partial charge in [0.25, 0.3) is 10.1 Å². The molecule has 0 N–H and O–H groups in total. The molecule has 0 radical (unpaired) electrons. The highest BCUT2D eigenvalue weighted by Gasteiger charge is 2.36. The molecule has 0 saturated heterocycles. The minimum Gasteiger partial charge on any atom is -0.461 e. The Morgan fingerprint density at radius 2 is 1.33 bits per heavy atom. The van der Waals surface area contributed by atoms with Crippen LogP contribution in [0.25, 0.3) is 0 Å². The molecule has 5 nitrogen and oxygen atoms in total. The summed E-state index contributed by atoms with van der Waals surface area (Å²) in [6.07, 6.45) is 1.36. The van der Waals surface area contributed by atoms with Gasteiger partial charge >= 0.3 is 5.97 Å². The first-order chi connectivity index (χ1) is 14.1. The van der Waals surface area contributed by atoms with E-state index in [-0.39, 0.29) is 29.9 Å². The third kappa shape index (κ3) is 7.26. The summed E-state index contributed by atoms with van der Waals surface area (Å²) < 4.78 is 36.5. The van der Waals surface area contributed by atoms with Crippen LogP contribution >= 0.6 is 0 Å². The summed E-state index contributed by atoms with van der Waals surface area (Å²) in [4.78, 5) is 12.6. The minimum atomic E-state index is -3.90. The number of carbonyl (C=O) groups is 1. The third-order valence-corrected chi connectivity index (χ3v) is 6.03. The van der Waals surface area contributed by atoms with E-state index in [0.717, 1.165) is 0 Å². The molecule has 0 aromatic heterocycles. The highest BCUT2D eigenvalue weighted by Crippen LogP contribution is 2.36. The normalized spacial score (nSPS) is 12.3. The van der Waals surface area contributed by atoms with Gasteiger partial charge in [-0.05, 0) is 48.9 Å². The van der Waals surface area contributed by atoms with Crippen LogP contribution in [0.1, 0.15) is 50.9 Å². The summed E-state index contributed by atoms with van der Waals surface area (Å²) in [6.45, 7) is 8.34. The molecule has 2 aromatic carbocycles. The SMILES string of the molecule is CC(C)CC(COC(=O)c1ccccc1)(COS(=O)(=O)c1ccccc1)CC(C)C. The highest BCUT2D eigenvalue weighted by molar-refractivity contribution is 7.86. The van der Waals surface area contributed by atoms with E-state index >= 15 is 0 Å². The summed E-state index contributed by atoms with van der Waals surface area (Å²) in [5, 5.41) is 0. The molecule has 6 heteroatoms. The molecular formula is C24H32O5S. The molecule has 0 saturated carbocycles. The summed E-state index contributed by atoms with van der Waals surface area (Å²) in [5.41, 5.74) is -0.132. The van der Waals surface area contributed by atoms with Crippen LogP contribution < -0.4 is 0 Å². The second-order valence-electron chi connectivity index (χ2n) is 8.67. The first-order valence-electron chi connectivity index (χ1n) is 10.3. The zero-order chi connectivity index (χ0) is 22.2. The molecule has 0 amide bonds. The van der Waals surface area contributed by atoms with Crippen LogP contribution in [0.2, 0.25) is 0 Å². The topological polar surface area (TPSA) is 69.7 Å². The molecule has 0 heterocycles. The van der Waals surface area contributed by atoms with Crippen molar-refractivity contribution >= 4 is 16.1 Å². The van der Waals surface area contributed by atoms with Crippen LogP contribution in [0.15, 0.2) is 65.6 Å². The van der Waals surface area contributed by atoms with Gasteiger partial charge in [0.05, 0.1) is 23.7 Å². The molecule has 2 aromatic rings. The van der Waals surface area contributed by atoms with E-state index in [1.54, 1.807) is 42.5 Å². The second kappa shape index (κ2) is 10.7. The van der Waals surface area contributed by atoms with Crippen molar-refractivity contribution in [3.8, 4) is 0 Å². The van der Waals surface area contributed by atoms with Gasteiger partial charge in [-0.1, -0.05) is 64.1 Å². The van der Waals surface area contributed by atoms with Gasteiger partial charge in [0.2, 0.25) is 0 Å². The minimum absolute atomic E-state index is 0.0390. The second-order valence-corrected chi connectivity index (χ2v) is 10.3. The molecule has 164 valence electrons. The number of ether oxygens (including phenoxy) is 1. The molecule has 30 heavy (non-hydrogen) atoms. The summed E-state index contributed by atoms with van der Waals surface area (Å²) >= 11 is 0. The van der Waals surface area contributed by atoms with Crippen molar-refractivity contribution in [2.45, 2.75) is 45.4 Å². The molecule has 2 rings (SSSR count). The molecular weight excluding hydrogens is 400 g/mol. The zero-order valence-corrected chi connectivity index (χ0v) is 19.0.